The largest absolute Gasteiger partial charge is 1.00 e. The van der Waals surface area contributed by atoms with Crippen molar-refractivity contribution < 1.29 is 34.4 Å². The third kappa shape index (κ3) is 6.02. The molecular weight excluding hydrogens is 411 g/mol. The van der Waals surface area contributed by atoms with Gasteiger partial charge in [-0.15, -0.1) is 12.1 Å². The van der Waals surface area contributed by atoms with E-state index in [1.165, 1.54) is 34.6 Å². The number of fused-ring (bicyclic) bond motifs is 2. The van der Waals surface area contributed by atoms with E-state index in [1.54, 1.807) is 23.9 Å². The molecule has 5 rings (SSSR count). The molecule has 1 heterocycles. The summed E-state index contributed by atoms with van der Waals surface area (Å²) in [5, 5.41) is 8.56. The number of carbonyl (C=O) groups excluding carboxylic acids is 1. The Morgan fingerprint density at radius 2 is 1.65 bits per heavy atom. The molecule has 1 saturated carbocycles. The number of nitrogens with zero attached hydrogens (tertiary/aromatic N) is 2. The van der Waals surface area contributed by atoms with Crippen LogP contribution >= 0.6 is 11.8 Å². The van der Waals surface area contributed by atoms with Crippen LogP contribution in [0.5, 0.6) is 0 Å². The second-order valence-corrected chi connectivity index (χ2v) is 8.79. The zero-order chi connectivity index (χ0) is 20.8. The van der Waals surface area contributed by atoms with Gasteiger partial charge in [-0.2, -0.15) is 23.0 Å². The maximum Gasteiger partial charge on any atom is 1.00 e. The van der Waals surface area contributed by atoms with Crippen molar-refractivity contribution >= 4 is 18.0 Å². The first-order valence-electron chi connectivity index (χ1n) is 10.2. The summed E-state index contributed by atoms with van der Waals surface area (Å²) in [5.41, 5.74) is 2.85. The standard InChI is InChI=1S/C19H13OS.C7H10N2.Na/c20-14-15-10-12-16(13-11-15)18-8-4-5-9-19(18)21-17-6-2-1-3-7-17;8-5-9-4-6-1-2-7(9)3-6;/h1-13H;6-7H,1-4H2;/q-1;;+1. The van der Waals surface area contributed by atoms with Gasteiger partial charge in [-0.1, -0.05) is 48.2 Å². The summed E-state index contributed by atoms with van der Waals surface area (Å²) in [7, 11) is 0. The molecule has 3 aromatic carbocycles. The van der Waals surface area contributed by atoms with Crippen molar-refractivity contribution in [2.75, 3.05) is 6.54 Å². The van der Waals surface area contributed by atoms with Crippen LogP contribution in [0.15, 0.2) is 88.7 Å². The molecule has 0 aromatic heterocycles. The van der Waals surface area contributed by atoms with Crippen LogP contribution in [-0.4, -0.2) is 23.8 Å². The van der Waals surface area contributed by atoms with Crippen molar-refractivity contribution in [1.82, 2.24) is 4.90 Å². The first kappa shape index (κ1) is 23.6. The number of nitriles is 1. The molecule has 1 aliphatic carbocycles. The third-order valence-corrected chi connectivity index (χ3v) is 6.79. The first-order valence-corrected chi connectivity index (χ1v) is 11.1. The summed E-state index contributed by atoms with van der Waals surface area (Å²) in [6.07, 6.45) is 8.04. The van der Waals surface area contributed by atoms with Gasteiger partial charge in [-0.3, -0.25) is 0 Å². The summed E-state index contributed by atoms with van der Waals surface area (Å²) in [5.74, 6) is 0.856. The van der Waals surface area contributed by atoms with Gasteiger partial charge in [-0.05, 0) is 54.5 Å². The van der Waals surface area contributed by atoms with Gasteiger partial charge < -0.3 is 9.69 Å². The average molecular weight is 435 g/mol. The van der Waals surface area contributed by atoms with Crippen LogP contribution in [0.25, 0.3) is 11.1 Å². The van der Waals surface area contributed by atoms with E-state index in [9.17, 15) is 4.79 Å². The first-order chi connectivity index (χ1) is 14.8. The fourth-order valence-corrected chi connectivity index (χ4v) is 5.16. The number of likely N-dealkylation sites (tertiary alicyclic amines) is 1. The van der Waals surface area contributed by atoms with Crippen molar-refractivity contribution in [3.8, 4) is 17.3 Å². The van der Waals surface area contributed by atoms with E-state index in [2.05, 4.69) is 30.5 Å². The molecule has 0 amide bonds. The van der Waals surface area contributed by atoms with Crippen molar-refractivity contribution in [2.45, 2.75) is 35.1 Å². The van der Waals surface area contributed by atoms with E-state index in [4.69, 9.17) is 5.26 Å². The zero-order valence-corrected chi connectivity index (χ0v) is 20.5. The molecule has 31 heavy (non-hydrogen) atoms. The van der Waals surface area contributed by atoms with Crippen LogP contribution in [0.4, 0.5) is 0 Å². The Kier molecular flexibility index (Phi) is 8.80. The van der Waals surface area contributed by atoms with E-state index in [0.29, 0.717) is 11.6 Å². The van der Waals surface area contributed by atoms with E-state index >= 15 is 0 Å². The van der Waals surface area contributed by atoms with Crippen LogP contribution in [0, 0.1) is 17.4 Å². The molecule has 5 heteroatoms. The van der Waals surface area contributed by atoms with E-state index in [1.807, 2.05) is 53.7 Å². The van der Waals surface area contributed by atoms with Crippen molar-refractivity contribution in [3.63, 3.8) is 0 Å². The van der Waals surface area contributed by atoms with Gasteiger partial charge in [-0.25, -0.2) is 0 Å². The molecular formula is C26H23N2NaOS. The average Bonchev–Trinajstić information content (AvgIpc) is 3.44. The Balaban J connectivity index is 0.000000227. The Labute approximate surface area is 210 Å². The minimum Gasteiger partial charge on any atom is -0.376 e. The Morgan fingerprint density at radius 3 is 2.23 bits per heavy atom. The number of rotatable bonds is 4. The van der Waals surface area contributed by atoms with Gasteiger partial charge in [0.15, 0.2) is 6.19 Å². The molecule has 2 atom stereocenters. The van der Waals surface area contributed by atoms with E-state index < -0.39 is 0 Å². The molecule has 2 fully saturated rings. The smallest absolute Gasteiger partial charge is 0.376 e. The Morgan fingerprint density at radius 1 is 0.935 bits per heavy atom. The zero-order valence-electron chi connectivity index (χ0n) is 17.7. The summed E-state index contributed by atoms with van der Waals surface area (Å²) in [6.45, 7) is 1.04. The summed E-state index contributed by atoms with van der Waals surface area (Å²) in [4.78, 5) is 15.0. The van der Waals surface area contributed by atoms with E-state index in [-0.39, 0.29) is 29.6 Å². The van der Waals surface area contributed by atoms with E-state index in [0.717, 1.165) is 18.0 Å². The third-order valence-electron chi connectivity index (χ3n) is 5.71. The van der Waals surface area contributed by atoms with Crippen LogP contribution in [-0.2, 0) is 4.79 Å². The maximum absolute atomic E-state index is 10.6. The number of piperidine rings is 1. The van der Waals surface area contributed by atoms with Gasteiger partial charge in [0, 0.05) is 22.4 Å². The normalized spacial score (nSPS) is 18.4. The molecule has 1 aliphatic heterocycles. The summed E-state index contributed by atoms with van der Waals surface area (Å²) < 4.78 is 0. The number of hydrogen-bond donors (Lipinski definition) is 0. The van der Waals surface area contributed by atoms with Crippen molar-refractivity contribution in [1.29, 1.82) is 5.26 Å². The molecule has 1 saturated heterocycles. The van der Waals surface area contributed by atoms with Gasteiger partial charge in [0.25, 0.3) is 0 Å². The van der Waals surface area contributed by atoms with Crippen LogP contribution in [0.3, 0.4) is 0 Å². The van der Waals surface area contributed by atoms with Crippen LogP contribution in [0.2, 0.25) is 0 Å². The monoisotopic (exact) mass is 434 g/mol. The molecule has 2 aliphatic rings. The van der Waals surface area contributed by atoms with Crippen molar-refractivity contribution in [3.05, 3.63) is 84.4 Å². The topological polar surface area (TPSA) is 44.1 Å². The number of hydrogen-bond acceptors (Lipinski definition) is 4. The van der Waals surface area contributed by atoms with Gasteiger partial charge >= 0.3 is 29.6 Å². The quantitative estimate of drug-likeness (QED) is 0.360. The maximum atomic E-state index is 10.6. The molecule has 2 unspecified atom stereocenters. The predicted octanol–water partition coefficient (Wildman–Crippen LogP) is 2.92. The minimum absolute atomic E-state index is 0. The van der Waals surface area contributed by atoms with Crippen molar-refractivity contribution in [2.24, 2.45) is 5.92 Å². The summed E-state index contributed by atoms with van der Waals surface area (Å²) >= 11 is 1.74. The Hall–Kier alpha value is -2.03. The molecule has 2 bridgehead atoms. The van der Waals surface area contributed by atoms with Crippen LogP contribution < -0.4 is 29.6 Å². The Bertz CT molecular complexity index is 1030. The second kappa shape index (κ2) is 11.5. The number of benzene rings is 3. The molecule has 0 spiro atoms. The predicted molar refractivity (Wildman–Crippen MR) is 121 cm³/mol. The molecule has 3 nitrogen and oxygen atoms in total. The molecule has 0 radical (unpaired) electrons. The summed E-state index contributed by atoms with van der Waals surface area (Å²) in [6, 6.07) is 26.7. The fraction of sp³-hybridized carbons (Fsp3) is 0.231. The SMILES string of the molecule is N#CN1CC2CCC1C2.O=[C-]c1ccc(-c2ccccc2Sc2ccccc2)cc1.[Na+]. The van der Waals surface area contributed by atoms with Gasteiger partial charge in [0.2, 0.25) is 0 Å². The molecule has 0 N–H and O–H groups in total. The minimum atomic E-state index is 0. The van der Waals surface area contributed by atoms with Gasteiger partial charge in [0.05, 0.1) is 6.29 Å². The molecule has 3 aromatic rings. The van der Waals surface area contributed by atoms with Crippen LogP contribution in [0.1, 0.15) is 24.8 Å². The van der Waals surface area contributed by atoms with Gasteiger partial charge in [0.1, 0.15) is 0 Å². The molecule has 150 valence electrons. The second-order valence-electron chi connectivity index (χ2n) is 7.68. The fourth-order valence-electron chi connectivity index (χ4n) is 4.17.